The number of hydrogen-bond donors (Lipinski definition) is 2. The van der Waals surface area contributed by atoms with Gasteiger partial charge in [0.05, 0.1) is 26.4 Å². The molecule has 0 aromatic heterocycles. The fraction of sp³-hybridized carbons (Fsp3) is 0.929. The highest BCUT2D eigenvalue weighted by atomic mass is 127. The summed E-state index contributed by atoms with van der Waals surface area (Å²) in [6.07, 6.45) is 1.78. The Labute approximate surface area is 150 Å². The van der Waals surface area contributed by atoms with Crippen molar-refractivity contribution in [1.29, 1.82) is 0 Å². The smallest absolute Gasteiger partial charge is 0.188 e. The largest absolute Gasteiger partial charge is 0.379 e. The van der Waals surface area contributed by atoms with Crippen LogP contribution in [0.3, 0.4) is 0 Å². The number of halogens is 1. The lowest BCUT2D eigenvalue weighted by atomic mass is 10.2. The molecule has 0 spiro atoms. The van der Waals surface area contributed by atoms with Gasteiger partial charge in [-0.15, -0.1) is 24.0 Å². The minimum absolute atomic E-state index is 0. The normalized spacial score (nSPS) is 22.3. The van der Waals surface area contributed by atoms with Crippen molar-refractivity contribution in [2.75, 3.05) is 59.2 Å². The summed E-state index contributed by atoms with van der Waals surface area (Å²) in [6, 6.07) is 0. The van der Waals surface area contributed by atoms with Crippen molar-refractivity contribution < 1.29 is 14.2 Å². The van der Waals surface area contributed by atoms with Crippen LogP contribution in [0, 0.1) is 0 Å². The number of nitrogens with one attached hydrogen (secondary N) is 1. The second-order valence-electron chi connectivity index (χ2n) is 5.58. The van der Waals surface area contributed by atoms with Crippen LogP contribution in [0.5, 0.6) is 0 Å². The molecule has 2 saturated heterocycles. The van der Waals surface area contributed by atoms with E-state index in [-0.39, 0.29) is 24.0 Å². The molecule has 2 fully saturated rings. The quantitative estimate of drug-likeness (QED) is 0.264. The lowest BCUT2D eigenvalue weighted by Crippen LogP contribution is -2.38. The number of aliphatic imine (C=N–C) groups is 1. The number of nitrogens with zero attached hydrogens (tertiary/aromatic N) is 2. The molecule has 8 heteroatoms. The van der Waals surface area contributed by atoms with Gasteiger partial charge in [-0.2, -0.15) is 0 Å². The van der Waals surface area contributed by atoms with Crippen LogP contribution in [-0.4, -0.2) is 75.8 Å². The van der Waals surface area contributed by atoms with Crippen molar-refractivity contribution >= 4 is 29.9 Å². The van der Waals surface area contributed by atoms with Gasteiger partial charge in [-0.25, -0.2) is 0 Å². The van der Waals surface area contributed by atoms with Gasteiger partial charge in [0.2, 0.25) is 0 Å². The number of nitrogens with two attached hydrogens (primary N) is 1. The highest BCUT2D eigenvalue weighted by Crippen LogP contribution is 2.21. The van der Waals surface area contributed by atoms with Crippen LogP contribution in [0.1, 0.15) is 19.8 Å². The number of guanidine groups is 1. The molecular weight excluding hydrogens is 399 g/mol. The first-order chi connectivity index (χ1) is 10.2. The molecule has 7 nitrogen and oxygen atoms in total. The number of morpholine rings is 1. The molecule has 2 aliphatic heterocycles. The average molecular weight is 428 g/mol. The molecular formula is C14H29IN4O3. The standard InChI is InChI=1S/C14H28N4O3.HI/c1-14(20-11-12-21-14)3-5-17-13(15)16-4-2-6-18-7-9-19-10-8-18;/h2-12H2,1H3,(H3,15,16,17);1H. The van der Waals surface area contributed by atoms with Gasteiger partial charge in [0.25, 0.3) is 0 Å². The minimum Gasteiger partial charge on any atom is -0.379 e. The minimum atomic E-state index is -0.469. The molecule has 0 aromatic rings. The first kappa shape index (κ1) is 19.9. The molecule has 0 aromatic carbocycles. The molecule has 0 amide bonds. The lowest BCUT2D eigenvalue weighted by Gasteiger charge is -2.26. The Morgan fingerprint density at radius 2 is 1.91 bits per heavy atom. The zero-order chi connectivity index (χ0) is 15.0. The molecule has 0 radical (unpaired) electrons. The van der Waals surface area contributed by atoms with E-state index < -0.39 is 5.79 Å². The highest BCUT2D eigenvalue weighted by Gasteiger charge is 2.30. The van der Waals surface area contributed by atoms with Crippen LogP contribution in [0.25, 0.3) is 0 Å². The first-order valence-corrected chi connectivity index (χ1v) is 7.80. The average Bonchev–Trinajstić information content (AvgIpc) is 2.92. The van der Waals surface area contributed by atoms with Crippen molar-refractivity contribution in [3.8, 4) is 0 Å². The third-order valence-electron chi connectivity index (χ3n) is 3.80. The second kappa shape index (κ2) is 10.6. The van der Waals surface area contributed by atoms with E-state index >= 15 is 0 Å². The molecule has 3 N–H and O–H groups in total. The van der Waals surface area contributed by atoms with Gasteiger partial charge >= 0.3 is 0 Å². The SMILES string of the molecule is CC1(CCNC(N)=NCCCN2CCOCC2)OCCO1.I. The van der Waals surface area contributed by atoms with Crippen LogP contribution in [0.15, 0.2) is 4.99 Å². The third-order valence-corrected chi connectivity index (χ3v) is 3.80. The summed E-state index contributed by atoms with van der Waals surface area (Å²) in [5, 5.41) is 3.11. The molecule has 22 heavy (non-hydrogen) atoms. The molecule has 2 aliphatic rings. The third kappa shape index (κ3) is 7.40. The van der Waals surface area contributed by atoms with E-state index in [9.17, 15) is 0 Å². The van der Waals surface area contributed by atoms with E-state index in [2.05, 4.69) is 15.2 Å². The molecule has 130 valence electrons. The van der Waals surface area contributed by atoms with Crippen molar-refractivity contribution in [1.82, 2.24) is 10.2 Å². The maximum absolute atomic E-state index is 5.84. The number of ether oxygens (including phenoxy) is 3. The molecule has 0 saturated carbocycles. The van der Waals surface area contributed by atoms with Crippen LogP contribution in [0.2, 0.25) is 0 Å². The summed E-state index contributed by atoms with van der Waals surface area (Å²) in [5.74, 6) is 0.0300. The summed E-state index contributed by atoms with van der Waals surface area (Å²) in [7, 11) is 0. The van der Waals surface area contributed by atoms with Gasteiger partial charge in [-0.3, -0.25) is 9.89 Å². The summed E-state index contributed by atoms with van der Waals surface area (Å²) in [4.78, 5) is 6.74. The number of rotatable bonds is 7. The fourth-order valence-corrected chi connectivity index (χ4v) is 2.49. The Morgan fingerprint density at radius 3 is 2.59 bits per heavy atom. The van der Waals surface area contributed by atoms with E-state index in [1.165, 1.54) is 0 Å². The summed E-state index contributed by atoms with van der Waals surface area (Å²) in [5.41, 5.74) is 5.84. The second-order valence-corrected chi connectivity index (χ2v) is 5.58. The Morgan fingerprint density at radius 1 is 1.23 bits per heavy atom. The van der Waals surface area contributed by atoms with Crippen molar-refractivity contribution in [3.05, 3.63) is 0 Å². The Hall–Kier alpha value is -0.160. The topological polar surface area (TPSA) is 81.3 Å². The summed E-state index contributed by atoms with van der Waals surface area (Å²) >= 11 is 0. The van der Waals surface area contributed by atoms with Crippen LogP contribution in [-0.2, 0) is 14.2 Å². The van der Waals surface area contributed by atoms with Gasteiger partial charge in [-0.1, -0.05) is 0 Å². The van der Waals surface area contributed by atoms with E-state index in [4.69, 9.17) is 19.9 Å². The van der Waals surface area contributed by atoms with Gasteiger partial charge in [0, 0.05) is 39.1 Å². The number of hydrogen-bond acceptors (Lipinski definition) is 5. The molecule has 2 heterocycles. The van der Waals surface area contributed by atoms with E-state index in [1.54, 1.807) is 0 Å². The summed E-state index contributed by atoms with van der Waals surface area (Å²) < 4.78 is 16.4. The van der Waals surface area contributed by atoms with Gasteiger partial charge in [0.1, 0.15) is 0 Å². The van der Waals surface area contributed by atoms with E-state index in [1.807, 2.05) is 6.92 Å². The Bertz CT molecular complexity index is 332. The fourth-order valence-electron chi connectivity index (χ4n) is 2.49. The predicted octanol–water partition coefficient (Wildman–Crippen LogP) is 0.384. The molecule has 0 aliphatic carbocycles. The van der Waals surface area contributed by atoms with Crippen molar-refractivity contribution in [3.63, 3.8) is 0 Å². The zero-order valence-electron chi connectivity index (χ0n) is 13.4. The maximum atomic E-state index is 5.84. The van der Waals surface area contributed by atoms with E-state index in [0.717, 1.165) is 52.2 Å². The van der Waals surface area contributed by atoms with E-state index in [0.29, 0.717) is 25.7 Å². The lowest BCUT2D eigenvalue weighted by molar-refractivity contribution is -0.145. The molecule has 0 bridgehead atoms. The predicted molar refractivity (Wildman–Crippen MR) is 96.7 cm³/mol. The first-order valence-electron chi connectivity index (χ1n) is 7.80. The van der Waals surface area contributed by atoms with Crippen LogP contribution >= 0.6 is 24.0 Å². The highest BCUT2D eigenvalue weighted by molar-refractivity contribution is 14.0. The summed E-state index contributed by atoms with van der Waals surface area (Å²) in [6.45, 7) is 9.54. The van der Waals surface area contributed by atoms with Gasteiger partial charge in [0.15, 0.2) is 11.7 Å². The Balaban J connectivity index is 0.00000242. The van der Waals surface area contributed by atoms with Gasteiger partial charge < -0.3 is 25.3 Å². The van der Waals surface area contributed by atoms with Crippen LogP contribution < -0.4 is 11.1 Å². The molecule has 2 rings (SSSR count). The van der Waals surface area contributed by atoms with Crippen molar-refractivity contribution in [2.45, 2.75) is 25.6 Å². The zero-order valence-corrected chi connectivity index (χ0v) is 15.7. The van der Waals surface area contributed by atoms with Gasteiger partial charge in [-0.05, 0) is 13.3 Å². The molecule has 0 unspecified atom stereocenters. The maximum Gasteiger partial charge on any atom is 0.188 e. The monoisotopic (exact) mass is 428 g/mol. The van der Waals surface area contributed by atoms with Crippen LogP contribution in [0.4, 0.5) is 0 Å². The molecule has 0 atom stereocenters. The van der Waals surface area contributed by atoms with Crippen molar-refractivity contribution in [2.24, 2.45) is 10.7 Å². The Kier molecular flexibility index (Phi) is 9.57.